The van der Waals surface area contributed by atoms with Crippen LogP contribution in [-0.2, 0) is 9.84 Å². The van der Waals surface area contributed by atoms with Gasteiger partial charge in [-0.05, 0) is 31.2 Å². The Bertz CT molecular complexity index is 493. The summed E-state index contributed by atoms with van der Waals surface area (Å²) < 4.78 is 22.8. The third-order valence-electron chi connectivity index (χ3n) is 2.97. The SMILES string of the molecule is CSC1(CNc2ccc(S(C)(=O)=O)nc2)CC1. The van der Waals surface area contributed by atoms with E-state index in [9.17, 15) is 8.42 Å². The second kappa shape index (κ2) is 4.49. The average molecular weight is 272 g/mol. The number of pyridine rings is 1. The lowest BCUT2D eigenvalue weighted by Crippen LogP contribution is -2.17. The predicted molar refractivity (Wildman–Crippen MR) is 71.3 cm³/mol. The third kappa shape index (κ3) is 3.13. The van der Waals surface area contributed by atoms with Crippen molar-refractivity contribution in [1.29, 1.82) is 0 Å². The van der Waals surface area contributed by atoms with Crippen molar-refractivity contribution >= 4 is 27.3 Å². The first-order valence-electron chi connectivity index (χ1n) is 5.40. The first kappa shape index (κ1) is 12.7. The van der Waals surface area contributed by atoms with Crippen LogP contribution in [0.15, 0.2) is 23.4 Å². The van der Waals surface area contributed by atoms with Gasteiger partial charge in [-0.25, -0.2) is 13.4 Å². The Kier molecular flexibility index (Phi) is 3.36. The molecule has 0 radical (unpaired) electrons. The van der Waals surface area contributed by atoms with Gasteiger partial charge in [0.05, 0.1) is 11.9 Å². The number of sulfone groups is 1. The maximum Gasteiger partial charge on any atom is 0.192 e. The fourth-order valence-corrected chi connectivity index (χ4v) is 2.85. The van der Waals surface area contributed by atoms with E-state index in [1.807, 2.05) is 11.8 Å². The van der Waals surface area contributed by atoms with Gasteiger partial charge in [0.25, 0.3) is 0 Å². The summed E-state index contributed by atoms with van der Waals surface area (Å²) in [4.78, 5) is 3.94. The van der Waals surface area contributed by atoms with Crippen molar-refractivity contribution in [2.75, 3.05) is 24.4 Å². The van der Waals surface area contributed by atoms with E-state index in [0.29, 0.717) is 4.75 Å². The number of anilines is 1. The number of nitrogens with zero attached hydrogens (tertiary/aromatic N) is 1. The molecule has 2 rings (SSSR count). The summed E-state index contributed by atoms with van der Waals surface area (Å²) in [5.41, 5.74) is 0.873. The lowest BCUT2D eigenvalue weighted by atomic mass is 10.3. The van der Waals surface area contributed by atoms with E-state index in [2.05, 4.69) is 16.6 Å². The molecular formula is C11H16N2O2S2. The number of hydrogen-bond donors (Lipinski definition) is 1. The molecule has 1 N–H and O–H groups in total. The van der Waals surface area contributed by atoms with Crippen LogP contribution in [0, 0.1) is 0 Å². The number of thioether (sulfide) groups is 1. The largest absolute Gasteiger partial charge is 0.382 e. The van der Waals surface area contributed by atoms with Crippen molar-refractivity contribution in [3.63, 3.8) is 0 Å². The molecule has 1 aromatic rings. The summed E-state index contributed by atoms with van der Waals surface area (Å²) in [7, 11) is -3.20. The Labute approximate surface area is 106 Å². The van der Waals surface area contributed by atoms with E-state index in [1.165, 1.54) is 18.9 Å². The van der Waals surface area contributed by atoms with E-state index in [4.69, 9.17) is 0 Å². The van der Waals surface area contributed by atoms with E-state index in [0.717, 1.165) is 18.5 Å². The molecule has 0 atom stereocenters. The van der Waals surface area contributed by atoms with Gasteiger partial charge < -0.3 is 5.32 Å². The lowest BCUT2D eigenvalue weighted by Gasteiger charge is -2.13. The van der Waals surface area contributed by atoms with Crippen LogP contribution in [0.3, 0.4) is 0 Å². The van der Waals surface area contributed by atoms with Crippen LogP contribution in [0.25, 0.3) is 0 Å². The smallest absolute Gasteiger partial charge is 0.192 e. The normalized spacial score (nSPS) is 17.8. The molecule has 4 nitrogen and oxygen atoms in total. The fraction of sp³-hybridized carbons (Fsp3) is 0.545. The van der Waals surface area contributed by atoms with E-state index in [1.54, 1.807) is 12.3 Å². The molecule has 0 saturated heterocycles. The Morgan fingerprint density at radius 2 is 2.18 bits per heavy atom. The average Bonchev–Trinajstić information content (AvgIpc) is 3.06. The van der Waals surface area contributed by atoms with Crippen molar-refractivity contribution in [2.45, 2.75) is 22.6 Å². The van der Waals surface area contributed by atoms with Gasteiger partial charge in [0.15, 0.2) is 14.9 Å². The Hall–Kier alpha value is -0.750. The summed E-state index contributed by atoms with van der Waals surface area (Å²) in [6.45, 7) is 0.911. The van der Waals surface area contributed by atoms with Crippen LogP contribution in [0.2, 0.25) is 0 Å². The van der Waals surface area contributed by atoms with Gasteiger partial charge in [0, 0.05) is 17.5 Å². The van der Waals surface area contributed by atoms with E-state index < -0.39 is 9.84 Å². The molecule has 6 heteroatoms. The molecule has 1 fully saturated rings. The summed E-state index contributed by atoms with van der Waals surface area (Å²) in [5.74, 6) is 0. The van der Waals surface area contributed by atoms with E-state index in [-0.39, 0.29) is 5.03 Å². The molecule has 0 bridgehead atoms. The molecule has 0 spiro atoms. The molecule has 1 aliphatic carbocycles. The van der Waals surface area contributed by atoms with Crippen LogP contribution in [0.4, 0.5) is 5.69 Å². The van der Waals surface area contributed by atoms with Crippen LogP contribution in [0.5, 0.6) is 0 Å². The molecule has 0 aliphatic heterocycles. The van der Waals surface area contributed by atoms with Crippen molar-refractivity contribution < 1.29 is 8.42 Å². The summed E-state index contributed by atoms with van der Waals surface area (Å²) in [5, 5.41) is 3.42. The first-order valence-corrected chi connectivity index (χ1v) is 8.52. The summed E-state index contributed by atoms with van der Waals surface area (Å²) >= 11 is 1.89. The zero-order valence-corrected chi connectivity index (χ0v) is 11.6. The summed E-state index contributed by atoms with van der Waals surface area (Å²) in [6, 6.07) is 3.30. The zero-order valence-electron chi connectivity index (χ0n) is 9.93. The van der Waals surface area contributed by atoms with Crippen LogP contribution >= 0.6 is 11.8 Å². The maximum atomic E-state index is 11.2. The molecular weight excluding hydrogens is 256 g/mol. The van der Waals surface area contributed by atoms with Gasteiger partial charge in [-0.3, -0.25) is 0 Å². The number of rotatable bonds is 5. The van der Waals surface area contributed by atoms with Gasteiger partial charge in [-0.1, -0.05) is 0 Å². The van der Waals surface area contributed by atoms with Gasteiger partial charge >= 0.3 is 0 Å². The number of nitrogens with one attached hydrogen (secondary N) is 1. The second-order valence-corrected chi connectivity index (χ2v) is 7.63. The van der Waals surface area contributed by atoms with Crippen LogP contribution in [-0.4, -0.2) is 37.2 Å². The Morgan fingerprint density at radius 1 is 1.47 bits per heavy atom. The maximum absolute atomic E-state index is 11.2. The van der Waals surface area contributed by atoms with Crippen LogP contribution < -0.4 is 5.32 Å². The van der Waals surface area contributed by atoms with Crippen molar-refractivity contribution in [2.24, 2.45) is 0 Å². The highest BCUT2D eigenvalue weighted by atomic mass is 32.2. The second-order valence-electron chi connectivity index (χ2n) is 4.40. The molecule has 0 amide bonds. The molecule has 1 aromatic heterocycles. The van der Waals surface area contributed by atoms with Crippen molar-refractivity contribution in [1.82, 2.24) is 4.98 Å². The zero-order chi connectivity index (χ0) is 12.5. The monoisotopic (exact) mass is 272 g/mol. The van der Waals surface area contributed by atoms with Gasteiger partial charge in [-0.15, -0.1) is 0 Å². The highest BCUT2D eigenvalue weighted by Crippen LogP contribution is 2.46. The first-order chi connectivity index (χ1) is 7.95. The molecule has 1 heterocycles. The minimum absolute atomic E-state index is 0.119. The van der Waals surface area contributed by atoms with Crippen molar-refractivity contribution in [3.05, 3.63) is 18.3 Å². The van der Waals surface area contributed by atoms with Gasteiger partial charge in [0.2, 0.25) is 0 Å². The fourth-order valence-electron chi connectivity index (χ4n) is 1.56. The highest BCUT2D eigenvalue weighted by Gasteiger charge is 2.41. The predicted octanol–water partition coefficient (Wildman–Crippen LogP) is 1.79. The molecule has 0 unspecified atom stereocenters. The molecule has 17 heavy (non-hydrogen) atoms. The Balaban J connectivity index is 1.99. The van der Waals surface area contributed by atoms with Gasteiger partial charge in [0.1, 0.15) is 0 Å². The van der Waals surface area contributed by atoms with Gasteiger partial charge in [-0.2, -0.15) is 11.8 Å². The molecule has 1 saturated carbocycles. The third-order valence-corrected chi connectivity index (χ3v) is 5.39. The topological polar surface area (TPSA) is 59.1 Å². The minimum Gasteiger partial charge on any atom is -0.382 e. The molecule has 1 aliphatic rings. The highest BCUT2D eigenvalue weighted by molar-refractivity contribution is 8.00. The molecule has 94 valence electrons. The number of hydrogen-bond acceptors (Lipinski definition) is 5. The Morgan fingerprint density at radius 3 is 2.59 bits per heavy atom. The summed E-state index contributed by atoms with van der Waals surface area (Å²) in [6.07, 6.45) is 7.36. The number of aromatic nitrogens is 1. The molecule has 0 aromatic carbocycles. The van der Waals surface area contributed by atoms with E-state index >= 15 is 0 Å². The standard InChI is InChI=1S/C11H16N2O2S2/c1-16-11(5-6-11)8-13-9-3-4-10(12-7-9)17(2,14)15/h3-4,7,13H,5-6,8H2,1-2H3. The quantitative estimate of drug-likeness (QED) is 0.885. The van der Waals surface area contributed by atoms with Crippen molar-refractivity contribution in [3.8, 4) is 0 Å². The van der Waals surface area contributed by atoms with Crippen LogP contribution in [0.1, 0.15) is 12.8 Å². The lowest BCUT2D eigenvalue weighted by molar-refractivity contribution is 0.598. The minimum atomic E-state index is -3.20.